The van der Waals surface area contributed by atoms with Crippen molar-refractivity contribution in [3.8, 4) is 0 Å². The number of carbonyl (C=O) groups excluding carboxylic acids is 5. The molecule has 0 unspecified atom stereocenters. The van der Waals surface area contributed by atoms with Crippen LogP contribution < -0.4 is 46.8 Å². The summed E-state index contributed by atoms with van der Waals surface area (Å²) in [4.78, 5) is 52.4. The summed E-state index contributed by atoms with van der Waals surface area (Å²) < 4.78 is 158. The number of aliphatic imine (C=N–C) groups is 2. The maximum atomic E-state index is 10.5. The largest absolute Gasteiger partial charge is 3.00 e. The quantitative estimate of drug-likeness (QED) is 0.150. The average Bonchev–Trinajstić information content (AvgIpc) is 3.85. The Kier molecular flexibility index (Phi) is 27.5. The molecule has 4 aliphatic heterocycles. The number of carboxylic acid groups (broad SMARTS) is 5. The second kappa shape index (κ2) is 26.4. The standard InChI is InChI=1S/2C7H11N3.5C2HF3O2.Ru/c2*1-2-6(8-3-1)7-9-4-5-10-7;5*3-2(4,5)1(6)7;/h2*4-6,8H,1-3H2,(H,9,10);5*(H,6,7);/q;;;;;;;+3/p-3/t2*6-;;;;;;/m00....../s1. The van der Waals surface area contributed by atoms with E-state index in [1.807, 2.05) is 24.8 Å². The molecule has 0 aromatic rings. The van der Waals surface area contributed by atoms with Crippen LogP contribution in [0.1, 0.15) is 25.7 Å². The van der Waals surface area contributed by atoms with Crippen molar-refractivity contribution in [2.24, 2.45) is 9.98 Å². The molecule has 4 heterocycles. The monoisotopic (exact) mass is 943 g/mol. The van der Waals surface area contributed by atoms with E-state index in [-0.39, 0.29) is 19.5 Å². The Morgan fingerprint density at radius 3 is 0.804 bits per heavy atom. The molecule has 4 aliphatic rings. The summed E-state index contributed by atoms with van der Waals surface area (Å²) in [5, 5.41) is 54.9. The Morgan fingerprint density at radius 2 is 0.696 bits per heavy atom. The number of hydrogen-bond acceptors (Lipinski definition) is 14. The van der Waals surface area contributed by atoms with E-state index < -0.39 is 60.7 Å². The molecule has 0 aliphatic carbocycles. The van der Waals surface area contributed by atoms with Crippen molar-refractivity contribution >= 4 is 41.5 Å². The number of hydrogen-bond donors (Lipinski definition) is 4. The number of rotatable bonds is 2. The van der Waals surface area contributed by atoms with Crippen LogP contribution in [0.5, 0.6) is 0 Å². The number of amidine groups is 2. The van der Waals surface area contributed by atoms with Gasteiger partial charge in [0.05, 0.1) is 12.4 Å². The van der Waals surface area contributed by atoms with E-state index in [1.165, 1.54) is 37.4 Å². The van der Waals surface area contributed by atoms with Gasteiger partial charge in [0, 0.05) is 0 Å². The third kappa shape index (κ3) is 30.9. The molecule has 0 aromatic heterocycles. The summed E-state index contributed by atoms with van der Waals surface area (Å²) in [6.07, 6.45) is -13.2. The Labute approximate surface area is 314 Å². The fourth-order valence-corrected chi connectivity index (χ4v) is 2.91. The predicted molar refractivity (Wildman–Crippen MR) is 134 cm³/mol. The van der Waals surface area contributed by atoms with Crippen LogP contribution in [0.15, 0.2) is 34.8 Å². The van der Waals surface area contributed by atoms with Gasteiger partial charge in [0.2, 0.25) is 11.7 Å². The molecule has 323 valence electrons. The molecule has 0 saturated carbocycles. The van der Waals surface area contributed by atoms with Gasteiger partial charge in [-0.2, -0.15) is 65.9 Å². The zero-order chi connectivity index (χ0) is 44.0. The van der Waals surface area contributed by atoms with E-state index in [1.54, 1.807) is 0 Å². The van der Waals surface area contributed by atoms with Crippen LogP contribution >= 0.6 is 0 Å². The second-order valence-electron chi connectivity index (χ2n) is 9.35. The van der Waals surface area contributed by atoms with Gasteiger partial charge in [0.1, 0.15) is 54.3 Å². The van der Waals surface area contributed by atoms with Gasteiger partial charge in [-0.15, -0.1) is 0 Å². The number of halogens is 15. The van der Waals surface area contributed by atoms with Gasteiger partial charge in [-0.3, -0.25) is 10.6 Å². The summed E-state index contributed by atoms with van der Waals surface area (Å²) in [7, 11) is 0. The Hall–Kier alpha value is -4.42. The van der Waals surface area contributed by atoms with Crippen LogP contribution in [-0.4, -0.2) is 97.6 Å². The third-order valence-electron chi connectivity index (χ3n) is 5.15. The second-order valence-corrected chi connectivity index (χ2v) is 9.35. The van der Waals surface area contributed by atoms with Gasteiger partial charge in [-0.05, 0) is 38.8 Å². The number of nitrogens with two attached hydrogens (primary N) is 2. The normalized spacial score (nSPS) is 18.2. The fourth-order valence-electron chi connectivity index (χ4n) is 2.91. The SMILES string of the molecule is C1=C[NH2+]C([C@@H]2CCCN2)=N1.C1=C[NH2+]C([C@@H]2CCCN2)=N1.O=C([O-])C(F)(F)F.O=C([O-])C(F)(F)F.O=C([O-])C(F)(F)F.O=C([O-])C(F)(F)F.O=C([O-])C(F)(F)F.[Ru+3]. The number of nitrogens with zero attached hydrogens (tertiary/aromatic N) is 2. The zero-order valence-corrected chi connectivity index (χ0v) is 28.6. The minimum atomic E-state index is -5.19. The van der Waals surface area contributed by atoms with Crippen molar-refractivity contribution in [3.63, 3.8) is 0 Å². The number of aliphatic carboxylic acids is 5. The van der Waals surface area contributed by atoms with Gasteiger partial charge in [-0.1, -0.05) is 0 Å². The molecule has 0 aromatic carbocycles. The van der Waals surface area contributed by atoms with E-state index >= 15 is 0 Å². The summed E-state index contributed by atoms with van der Waals surface area (Å²) in [6, 6.07) is 1.07. The third-order valence-corrected chi connectivity index (χ3v) is 5.15. The van der Waals surface area contributed by atoms with Gasteiger partial charge in [0.15, 0.2) is 0 Å². The van der Waals surface area contributed by atoms with Crippen LogP contribution in [0.2, 0.25) is 0 Å². The van der Waals surface area contributed by atoms with Crippen molar-refractivity contribution in [1.82, 2.24) is 10.6 Å². The van der Waals surface area contributed by atoms with Crippen molar-refractivity contribution in [3.05, 3.63) is 24.8 Å². The van der Waals surface area contributed by atoms with Crippen LogP contribution in [0.25, 0.3) is 0 Å². The van der Waals surface area contributed by atoms with Crippen molar-refractivity contribution in [2.75, 3.05) is 13.1 Å². The summed E-state index contributed by atoms with van der Waals surface area (Å²) in [5.74, 6) is -12.6. The van der Waals surface area contributed by atoms with Crippen LogP contribution in [0, 0.1) is 0 Å². The molecule has 4 rings (SSSR count). The minimum Gasteiger partial charge on any atom is -0.542 e. The molecule has 6 N–H and O–H groups in total. The first kappa shape index (κ1) is 58.3. The van der Waals surface area contributed by atoms with E-state index in [9.17, 15) is 65.9 Å². The van der Waals surface area contributed by atoms with Crippen LogP contribution in [-0.2, 0) is 43.5 Å². The molecular formula is C24H24F15N6O10Ru. The first-order chi connectivity index (χ1) is 24.6. The molecule has 16 nitrogen and oxygen atoms in total. The smallest absolute Gasteiger partial charge is 0.542 e. The van der Waals surface area contributed by atoms with Crippen molar-refractivity contribution in [1.29, 1.82) is 0 Å². The maximum absolute atomic E-state index is 10.5. The number of carbonyl (C=O) groups is 5. The van der Waals surface area contributed by atoms with E-state index in [2.05, 4.69) is 31.3 Å². The van der Waals surface area contributed by atoms with Gasteiger partial charge < -0.3 is 60.1 Å². The molecule has 2 saturated heterocycles. The Balaban J connectivity index is -0.000000284. The Bertz CT molecular complexity index is 1190. The van der Waals surface area contributed by atoms with Crippen molar-refractivity contribution < 1.29 is 145 Å². The molecule has 56 heavy (non-hydrogen) atoms. The predicted octanol–water partition coefficient (Wildman–Crippen LogP) is -5.14. The topological polar surface area (TPSA) is 283 Å². The zero-order valence-electron chi connectivity index (χ0n) is 26.9. The Morgan fingerprint density at radius 1 is 0.500 bits per heavy atom. The average molecular weight is 943 g/mol. The molecule has 0 spiro atoms. The molecule has 1 radical (unpaired) electrons. The molecule has 0 bridgehead atoms. The van der Waals surface area contributed by atoms with E-state index in [0.29, 0.717) is 12.1 Å². The fraction of sp³-hybridized carbons (Fsp3) is 0.542. The molecular weight excluding hydrogens is 918 g/mol. The molecule has 2 atom stereocenters. The first-order valence-corrected chi connectivity index (χ1v) is 13.7. The number of nitrogens with one attached hydrogen (secondary N) is 2. The van der Waals surface area contributed by atoms with Gasteiger partial charge >= 0.3 is 50.4 Å². The summed E-state index contributed by atoms with van der Waals surface area (Å²) >= 11 is 0. The van der Waals surface area contributed by atoms with E-state index in [0.717, 1.165) is 13.1 Å². The van der Waals surface area contributed by atoms with Crippen LogP contribution in [0.3, 0.4) is 0 Å². The molecule has 2 fully saturated rings. The van der Waals surface area contributed by atoms with Gasteiger partial charge in [0.25, 0.3) is 0 Å². The van der Waals surface area contributed by atoms with Crippen molar-refractivity contribution in [2.45, 2.75) is 68.6 Å². The number of quaternary nitrogens is 2. The van der Waals surface area contributed by atoms with Crippen LogP contribution in [0.4, 0.5) is 65.9 Å². The molecule has 32 heteroatoms. The summed E-state index contributed by atoms with van der Waals surface area (Å²) in [6.45, 7) is 2.30. The number of alkyl halides is 15. The van der Waals surface area contributed by atoms with E-state index in [4.69, 9.17) is 49.5 Å². The minimum absolute atomic E-state index is 0. The first-order valence-electron chi connectivity index (χ1n) is 13.7. The van der Waals surface area contributed by atoms with Gasteiger partial charge in [-0.25, -0.2) is 9.98 Å². The number of carboxylic acids is 5. The summed E-state index contributed by atoms with van der Waals surface area (Å²) in [5.41, 5.74) is 0. The maximum Gasteiger partial charge on any atom is 3.00 e. The molecule has 0 amide bonds.